The Labute approximate surface area is 142 Å². The highest BCUT2D eigenvalue weighted by Crippen LogP contribution is 2.31. The molecule has 128 valence electrons. The Morgan fingerprint density at radius 1 is 1.04 bits per heavy atom. The normalized spacial score (nSPS) is 37.3. The molecule has 3 unspecified atom stereocenters. The summed E-state index contributed by atoms with van der Waals surface area (Å²) >= 11 is 1.71. The van der Waals surface area contributed by atoms with Crippen molar-refractivity contribution in [2.75, 3.05) is 11.6 Å². The van der Waals surface area contributed by atoms with Gasteiger partial charge >= 0.3 is 0 Å². The molecule has 1 saturated carbocycles. The molecule has 0 aromatic heterocycles. The molecule has 3 heterocycles. The number of rotatable bonds is 3. The second-order valence-corrected chi connectivity index (χ2v) is 8.62. The molecule has 0 radical (unpaired) electrons. The standard InChI is InChI=1S/C17H27N3O2S/c21-16(19-14-7-12-5-6-13(8-14)18-12)15-9-23-10-20(15)17(22)11-3-1-2-4-11/h11-15,18H,1-10H2,(H,19,21). The number of fused-ring (bicyclic) bond motifs is 2. The van der Waals surface area contributed by atoms with Crippen LogP contribution in [0.3, 0.4) is 0 Å². The SMILES string of the molecule is O=C(NC1CC2CCC(C1)N2)C1CSCN1C(=O)C1CCCC1. The van der Waals surface area contributed by atoms with Crippen LogP contribution in [0.4, 0.5) is 0 Å². The highest BCUT2D eigenvalue weighted by atomic mass is 32.2. The van der Waals surface area contributed by atoms with Crippen molar-refractivity contribution in [3.05, 3.63) is 0 Å². The van der Waals surface area contributed by atoms with Gasteiger partial charge in [0.1, 0.15) is 6.04 Å². The molecular weight excluding hydrogens is 310 g/mol. The van der Waals surface area contributed by atoms with Gasteiger partial charge in [0, 0.05) is 29.8 Å². The smallest absolute Gasteiger partial charge is 0.243 e. The first-order valence-corrected chi connectivity index (χ1v) is 10.3. The Hall–Kier alpha value is -0.750. The molecule has 0 aromatic carbocycles. The van der Waals surface area contributed by atoms with Crippen LogP contribution in [0.5, 0.6) is 0 Å². The van der Waals surface area contributed by atoms with E-state index in [-0.39, 0.29) is 29.8 Å². The van der Waals surface area contributed by atoms with Crippen molar-refractivity contribution in [1.29, 1.82) is 0 Å². The molecule has 0 spiro atoms. The number of hydrogen-bond donors (Lipinski definition) is 2. The second kappa shape index (κ2) is 6.63. The number of hydrogen-bond acceptors (Lipinski definition) is 4. The lowest BCUT2D eigenvalue weighted by atomic mass is 9.99. The maximum absolute atomic E-state index is 12.7. The Bertz CT molecular complexity index is 468. The second-order valence-electron chi connectivity index (χ2n) is 7.62. The third kappa shape index (κ3) is 3.25. The molecule has 3 aliphatic heterocycles. The highest BCUT2D eigenvalue weighted by Gasteiger charge is 2.40. The average Bonchev–Trinajstić information content (AvgIpc) is 3.27. The molecule has 5 nitrogen and oxygen atoms in total. The van der Waals surface area contributed by atoms with E-state index in [4.69, 9.17) is 0 Å². The lowest BCUT2D eigenvalue weighted by Crippen LogP contribution is -2.54. The van der Waals surface area contributed by atoms with Crippen molar-refractivity contribution in [2.45, 2.75) is 75.5 Å². The van der Waals surface area contributed by atoms with Crippen LogP contribution < -0.4 is 10.6 Å². The maximum Gasteiger partial charge on any atom is 0.243 e. The molecule has 4 aliphatic rings. The van der Waals surface area contributed by atoms with E-state index in [1.165, 1.54) is 12.8 Å². The summed E-state index contributed by atoms with van der Waals surface area (Å²) in [6.07, 6.45) is 8.89. The summed E-state index contributed by atoms with van der Waals surface area (Å²) in [7, 11) is 0. The first-order valence-electron chi connectivity index (χ1n) is 9.15. The fraction of sp³-hybridized carbons (Fsp3) is 0.882. The van der Waals surface area contributed by atoms with Gasteiger partial charge in [-0.3, -0.25) is 9.59 Å². The van der Waals surface area contributed by atoms with Gasteiger partial charge < -0.3 is 15.5 Å². The van der Waals surface area contributed by atoms with Crippen molar-refractivity contribution < 1.29 is 9.59 Å². The van der Waals surface area contributed by atoms with Crippen LogP contribution in [0, 0.1) is 5.92 Å². The van der Waals surface area contributed by atoms with Gasteiger partial charge in [-0.05, 0) is 38.5 Å². The molecule has 2 amide bonds. The number of nitrogens with one attached hydrogen (secondary N) is 2. The molecule has 3 saturated heterocycles. The predicted molar refractivity (Wildman–Crippen MR) is 91.0 cm³/mol. The first-order chi connectivity index (χ1) is 11.2. The number of carbonyl (C=O) groups is 2. The van der Waals surface area contributed by atoms with E-state index in [1.807, 2.05) is 4.90 Å². The first kappa shape index (κ1) is 15.8. The monoisotopic (exact) mass is 337 g/mol. The van der Waals surface area contributed by atoms with Gasteiger partial charge in [-0.1, -0.05) is 12.8 Å². The molecule has 0 aromatic rings. The van der Waals surface area contributed by atoms with E-state index in [2.05, 4.69) is 10.6 Å². The fourth-order valence-corrected chi connectivity index (χ4v) is 5.92. The summed E-state index contributed by atoms with van der Waals surface area (Å²) in [6.45, 7) is 0. The lowest BCUT2D eigenvalue weighted by Gasteiger charge is -2.32. The van der Waals surface area contributed by atoms with Crippen LogP contribution in [-0.2, 0) is 9.59 Å². The van der Waals surface area contributed by atoms with E-state index in [0.717, 1.165) is 44.3 Å². The summed E-state index contributed by atoms with van der Waals surface area (Å²) in [6, 6.07) is 1.19. The van der Waals surface area contributed by atoms with Crippen molar-refractivity contribution in [1.82, 2.24) is 15.5 Å². The van der Waals surface area contributed by atoms with E-state index >= 15 is 0 Å². The van der Waals surface area contributed by atoms with Crippen LogP contribution in [-0.4, -0.2) is 52.5 Å². The van der Waals surface area contributed by atoms with Gasteiger partial charge in [0.15, 0.2) is 0 Å². The van der Waals surface area contributed by atoms with Crippen LogP contribution in [0.25, 0.3) is 0 Å². The van der Waals surface area contributed by atoms with Crippen LogP contribution in [0.1, 0.15) is 51.4 Å². The third-order valence-electron chi connectivity index (χ3n) is 5.99. The largest absolute Gasteiger partial charge is 0.351 e. The third-order valence-corrected chi connectivity index (χ3v) is 7.00. The van der Waals surface area contributed by atoms with Crippen molar-refractivity contribution in [3.63, 3.8) is 0 Å². The van der Waals surface area contributed by atoms with Gasteiger partial charge in [0.25, 0.3) is 0 Å². The topological polar surface area (TPSA) is 61.4 Å². The Morgan fingerprint density at radius 2 is 1.74 bits per heavy atom. The summed E-state index contributed by atoms with van der Waals surface area (Å²) in [5.74, 6) is 1.90. The Morgan fingerprint density at radius 3 is 2.43 bits per heavy atom. The number of amides is 2. The van der Waals surface area contributed by atoms with Gasteiger partial charge in [-0.15, -0.1) is 11.8 Å². The number of nitrogens with zero attached hydrogens (tertiary/aromatic N) is 1. The minimum absolute atomic E-state index is 0.0765. The van der Waals surface area contributed by atoms with Crippen LogP contribution in [0.2, 0.25) is 0 Å². The minimum atomic E-state index is -0.249. The zero-order valence-corrected chi connectivity index (χ0v) is 14.4. The zero-order valence-electron chi connectivity index (χ0n) is 13.6. The van der Waals surface area contributed by atoms with Crippen molar-refractivity contribution in [3.8, 4) is 0 Å². The lowest BCUT2D eigenvalue weighted by molar-refractivity contribution is -0.141. The quantitative estimate of drug-likeness (QED) is 0.819. The molecular formula is C17H27N3O2S. The summed E-state index contributed by atoms with van der Waals surface area (Å²) in [5, 5.41) is 6.86. The molecule has 4 rings (SSSR count). The summed E-state index contributed by atoms with van der Waals surface area (Å²) in [4.78, 5) is 27.3. The van der Waals surface area contributed by atoms with Gasteiger partial charge in [0.05, 0.1) is 5.88 Å². The molecule has 4 fully saturated rings. The molecule has 2 N–H and O–H groups in total. The Balaban J connectivity index is 1.36. The number of carbonyl (C=O) groups excluding carboxylic acids is 2. The Kier molecular flexibility index (Phi) is 4.54. The minimum Gasteiger partial charge on any atom is -0.351 e. The van der Waals surface area contributed by atoms with Gasteiger partial charge in [-0.2, -0.15) is 0 Å². The predicted octanol–water partition coefficient (Wildman–Crippen LogP) is 1.48. The molecule has 2 bridgehead atoms. The van der Waals surface area contributed by atoms with E-state index in [9.17, 15) is 9.59 Å². The molecule has 23 heavy (non-hydrogen) atoms. The van der Waals surface area contributed by atoms with Crippen molar-refractivity contribution >= 4 is 23.6 Å². The molecule has 3 atom stereocenters. The van der Waals surface area contributed by atoms with E-state index in [1.54, 1.807) is 11.8 Å². The van der Waals surface area contributed by atoms with E-state index in [0.29, 0.717) is 18.0 Å². The van der Waals surface area contributed by atoms with Crippen LogP contribution in [0.15, 0.2) is 0 Å². The number of thioether (sulfide) groups is 1. The highest BCUT2D eigenvalue weighted by molar-refractivity contribution is 7.99. The van der Waals surface area contributed by atoms with Gasteiger partial charge in [-0.25, -0.2) is 0 Å². The maximum atomic E-state index is 12.7. The zero-order chi connectivity index (χ0) is 15.8. The summed E-state index contributed by atoms with van der Waals surface area (Å²) in [5.41, 5.74) is 0. The fourth-order valence-electron chi connectivity index (χ4n) is 4.76. The van der Waals surface area contributed by atoms with Crippen LogP contribution >= 0.6 is 11.8 Å². The van der Waals surface area contributed by atoms with Crippen molar-refractivity contribution in [2.24, 2.45) is 5.92 Å². The molecule has 6 heteroatoms. The van der Waals surface area contributed by atoms with Gasteiger partial charge in [0.2, 0.25) is 11.8 Å². The summed E-state index contributed by atoms with van der Waals surface area (Å²) < 4.78 is 0. The number of piperidine rings is 1. The average molecular weight is 337 g/mol. The molecule has 1 aliphatic carbocycles. The van der Waals surface area contributed by atoms with E-state index < -0.39 is 0 Å².